The largest absolute Gasteiger partial charge is 0.493 e. The van der Waals surface area contributed by atoms with Crippen LogP contribution in [0.5, 0.6) is 5.75 Å². The van der Waals surface area contributed by atoms with Crippen molar-refractivity contribution in [3.05, 3.63) is 58.9 Å². The number of benzene rings is 2. The lowest BCUT2D eigenvalue weighted by atomic mass is 10.2. The molecule has 6 heteroatoms. The first-order valence-electron chi connectivity index (χ1n) is 8.25. The molecular formula is C19H18N2O4. The van der Waals surface area contributed by atoms with Gasteiger partial charge in [-0.2, -0.15) is 0 Å². The van der Waals surface area contributed by atoms with Gasteiger partial charge in [-0.3, -0.25) is 4.79 Å². The highest BCUT2D eigenvalue weighted by Gasteiger charge is 2.15. The predicted molar refractivity (Wildman–Crippen MR) is 93.6 cm³/mol. The summed E-state index contributed by atoms with van der Waals surface area (Å²) in [6.07, 6.45) is 0.535. The van der Waals surface area contributed by atoms with Crippen molar-refractivity contribution in [1.82, 2.24) is 9.97 Å². The van der Waals surface area contributed by atoms with Crippen molar-refractivity contribution in [3.8, 4) is 17.1 Å². The summed E-state index contributed by atoms with van der Waals surface area (Å²) in [5.41, 5.74) is 1.37. The SMILES string of the molecule is O=c1[nH]c(-c2ccc(OCCC3OCCO3)cc2)nc2ccccc12. The van der Waals surface area contributed by atoms with Crippen molar-refractivity contribution in [2.75, 3.05) is 19.8 Å². The third-order valence-electron chi connectivity index (χ3n) is 4.05. The van der Waals surface area contributed by atoms with Crippen LogP contribution in [0, 0.1) is 0 Å². The van der Waals surface area contributed by atoms with E-state index in [2.05, 4.69) is 9.97 Å². The summed E-state index contributed by atoms with van der Waals surface area (Å²) in [6.45, 7) is 1.82. The van der Waals surface area contributed by atoms with Crippen LogP contribution in [0.25, 0.3) is 22.3 Å². The molecule has 0 spiro atoms. The molecule has 0 unspecified atom stereocenters. The van der Waals surface area contributed by atoms with Crippen LogP contribution in [0.2, 0.25) is 0 Å². The average molecular weight is 338 g/mol. The molecule has 2 aromatic carbocycles. The Morgan fingerprint density at radius 2 is 1.84 bits per heavy atom. The maximum Gasteiger partial charge on any atom is 0.259 e. The number of hydrogen-bond donors (Lipinski definition) is 1. The molecule has 0 atom stereocenters. The molecule has 1 fully saturated rings. The summed E-state index contributed by atoms with van der Waals surface area (Å²) < 4.78 is 16.4. The number of hydrogen-bond acceptors (Lipinski definition) is 5. The van der Waals surface area contributed by atoms with E-state index in [4.69, 9.17) is 14.2 Å². The van der Waals surface area contributed by atoms with Crippen LogP contribution in [-0.2, 0) is 9.47 Å². The van der Waals surface area contributed by atoms with Gasteiger partial charge in [0, 0.05) is 12.0 Å². The normalized spacial score (nSPS) is 14.9. The summed E-state index contributed by atoms with van der Waals surface area (Å²) in [6, 6.07) is 14.8. The minimum absolute atomic E-state index is 0.141. The first-order chi connectivity index (χ1) is 12.3. The van der Waals surface area contributed by atoms with Crippen molar-refractivity contribution >= 4 is 10.9 Å². The minimum Gasteiger partial charge on any atom is -0.493 e. The van der Waals surface area contributed by atoms with Crippen LogP contribution in [0.1, 0.15) is 6.42 Å². The molecule has 1 aliphatic heterocycles. The monoisotopic (exact) mass is 338 g/mol. The molecule has 25 heavy (non-hydrogen) atoms. The Morgan fingerprint density at radius 1 is 1.08 bits per heavy atom. The molecule has 0 saturated carbocycles. The van der Waals surface area contributed by atoms with Crippen molar-refractivity contribution < 1.29 is 14.2 Å². The molecule has 0 aliphatic carbocycles. The number of H-pyrrole nitrogens is 1. The number of ether oxygens (including phenoxy) is 3. The van der Waals surface area contributed by atoms with Crippen molar-refractivity contribution in [3.63, 3.8) is 0 Å². The third kappa shape index (κ3) is 3.55. The van der Waals surface area contributed by atoms with Crippen LogP contribution in [0.15, 0.2) is 53.3 Å². The van der Waals surface area contributed by atoms with Crippen LogP contribution in [0.3, 0.4) is 0 Å². The smallest absolute Gasteiger partial charge is 0.259 e. The molecule has 1 aromatic heterocycles. The molecule has 0 amide bonds. The Balaban J connectivity index is 1.47. The lowest BCUT2D eigenvalue weighted by Crippen LogP contribution is -2.12. The van der Waals surface area contributed by atoms with E-state index in [1.807, 2.05) is 42.5 Å². The standard InChI is InChI=1S/C19H18N2O4/c22-19-15-3-1-2-4-16(15)20-18(21-19)13-5-7-14(8-6-13)23-10-9-17-24-11-12-25-17/h1-8,17H,9-12H2,(H,20,21,22). The Hall–Kier alpha value is -2.70. The van der Waals surface area contributed by atoms with Gasteiger partial charge in [0.05, 0.1) is 30.7 Å². The highest BCUT2D eigenvalue weighted by molar-refractivity contribution is 5.79. The Kier molecular flexibility index (Phi) is 4.45. The predicted octanol–water partition coefficient (Wildman–Crippen LogP) is 2.73. The maximum atomic E-state index is 12.2. The summed E-state index contributed by atoms with van der Waals surface area (Å²) in [4.78, 5) is 19.5. The zero-order valence-electron chi connectivity index (χ0n) is 13.6. The van der Waals surface area contributed by atoms with E-state index < -0.39 is 0 Å². The first kappa shape index (κ1) is 15.8. The Labute approximate surface area is 144 Å². The first-order valence-corrected chi connectivity index (χ1v) is 8.25. The van der Waals surface area contributed by atoms with Gasteiger partial charge in [0.2, 0.25) is 0 Å². The van der Waals surface area contributed by atoms with Crippen LogP contribution in [0.4, 0.5) is 0 Å². The van der Waals surface area contributed by atoms with Gasteiger partial charge in [0.15, 0.2) is 6.29 Å². The number of aromatic amines is 1. The lowest BCUT2D eigenvalue weighted by molar-refractivity contribution is -0.0531. The molecule has 4 rings (SSSR count). The fourth-order valence-electron chi connectivity index (χ4n) is 2.78. The number of aromatic nitrogens is 2. The molecule has 6 nitrogen and oxygen atoms in total. The number of nitrogens with zero attached hydrogens (tertiary/aromatic N) is 1. The van der Waals surface area contributed by atoms with Gasteiger partial charge in [0.25, 0.3) is 5.56 Å². The number of nitrogens with one attached hydrogen (secondary N) is 1. The van der Waals surface area contributed by atoms with E-state index in [0.29, 0.717) is 43.0 Å². The molecule has 3 aromatic rings. The number of fused-ring (bicyclic) bond motifs is 1. The van der Waals surface area contributed by atoms with Crippen molar-refractivity contribution in [2.24, 2.45) is 0 Å². The second kappa shape index (κ2) is 7.04. The highest BCUT2D eigenvalue weighted by atomic mass is 16.7. The van der Waals surface area contributed by atoms with E-state index >= 15 is 0 Å². The fourth-order valence-corrected chi connectivity index (χ4v) is 2.78. The van der Waals surface area contributed by atoms with Gasteiger partial charge >= 0.3 is 0 Å². The van der Waals surface area contributed by atoms with Crippen molar-refractivity contribution in [1.29, 1.82) is 0 Å². The van der Waals surface area contributed by atoms with Gasteiger partial charge in [-0.05, 0) is 36.4 Å². The summed E-state index contributed by atoms with van der Waals surface area (Å²) in [5.74, 6) is 1.30. The number of rotatable bonds is 5. The molecule has 1 saturated heterocycles. The molecule has 1 aliphatic rings. The fraction of sp³-hybridized carbons (Fsp3) is 0.263. The Morgan fingerprint density at radius 3 is 2.64 bits per heavy atom. The number of para-hydroxylation sites is 1. The minimum atomic E-state index is -0.161. The topological polar surface area (TPSA) is 73.4 Å². The molecular weight excluding hydrogens is 320 g/mol. The molecule has 2 heterocycles. The van der Waals surface area contributed by atoms with Crippen molar-refractivity contribution in [2.45, 2.75) is 12.7 Å². The third-order valence-corrected chi connectivity index (χ3v) is 4.05. The summed E-state index contributed by atoms with van der Waals surface area (Å²) in [7, 11) is 0. The van der Waals surface area contributed by atoms with E-state index in [9.17, 15) is 4.79 Å². The van der Waals surface area contributed by atoms with Crippen LogP contribution in [-0.4, -0.2) is 36.1 Å². The second-order valence-electron chi connectivity index (χ2n) is 5.76. The summed E-state index contributed by atoms with van der Waals surface area (Å²) in [5, 5.41) is 0.586. The van der Waals surface area contributed by atoms with Crippen LogP contribution >= 0.6 is 0 Å². The molecule has 128 valence electrons. The highest BCUT2D eigenvalue weighted by Crippen LogP contribution is 2.20. The quantitative estimate of drug-likeness (QED) is 0.774. The van der Waals surface area contributed by atoms with Gasteiger partial charge in [-0.15, -0.1) is 0 Å². The van der Waals surface area contributed by atoms with Gasteiger partial charge in [0.1, 0.15) is 11.6 Å². The van der Waals surface area contributed by atoms with E-state index in [-0.39, 0.29) is 11.8 Å². The van der Waals surface area contributed by atoms with Crippen LogP contribution < -0.4 is 10.3 Å². The Bertz CT molecular complexity index is 915. The molecule has 0 radical (unpaired) electrons. The van der Waals surface area contributed by atoms with E-state index in [1.54, 1.807) is 6.07 Å². The zero-order valence-corrected chi connectivity index (χ0v) is 13.6. The molecule has 0 bridgehead atoms. The molecule has 1 N–H and O–H groups in total. The van der Waals surface area contributed by atoms with Gasteiger partial charge < -0.3 is 19.2 Å². The van der Waals surface area contributed by atoms with E-state index in [1.165, 1.54) is 0 Å². The lowest BCUT2D eigenvalue weighted by Gasteiger charge is -2.10. The zero-order chi connectivity index (χ0) is 17.1. The van der Waals surface area contributed by atoms with Gasteiger partial charge in [-0.1, -0.05) is 12.1 Å². The second-order valence-corrected chi connectivity index (χ2v) is 5.76. The van der Waals surface area contributed by atoms with Gasteiger partial charge in [-0.25, -0.2) is 4.98 Å². The van der Waals surface area contributed by atoms with E-state index in [0.717, 1.165) is 11.3 Å². The summed E-state index contributed by atoms with van der Waals surface area (Å²) >= 11 is 0. The average Bonchev–Trinajstić information content (AvgIpc) is 3.16. The maximum absolute atomic E-state index is 12.2.